The molecule has 0 saturated carbocycles. The van der Waals surface area contributed by atoms with Gasteiger partial charge < -0.3 is 14.4 Å². The number of carboxylic acids is 1. The maximum Gasteiger partial charge on any atom is 0.374 e. The van der Waals surface area contributed by atoms with Crippen LogP contribution >= 0.6 is 0 Å². The molecule has 2 rings (SSSR count). The van der Waals surface area contributed by atoms with E-state index in [9.17, 15) is 4.79 Å². The van der Waals surface area contributed by atoms with E-state index in [1.165, 1.54) is 6.07 Å². The van der Waals surface area contributed by atoms with E-state index in [2.05, 4.69) is 5.16 Å². The molecule has 0 aliphatic carbocycles. The molecule has 1 aromatic heterocycles. The third-order valence-electron chi connectivity index (χ3n) is 2.73. The van der Waals surface area contributed by atoms with Crippen LogP contribution < -0.4 is 0 Å². The first-order valence-electron chi connectivity index (χ1n) is 5.45. The van der Waals surface area contributed by atoms with Gasteiger partial charge >= 0.3 is 5.97 Å². The van der Waals surface area contributed by atoms with Crippen molar-refractivity contribution in [1.29, 1.82) is 0 Å². The molecule has 0 spiro atoms. The highest BCUT2D eigenvalue weighted by Crippen LogP contribution is 2.24. The summed E-state index contributed by atoms with van der Waals surface area (Å²) in [7, 11) is 1.63. The first-order chi connectivity index (χ1) is 8.61. The predicted molar refractivity (Wildman–Crippen MR) is 64.3 cm³/mol. The third kappa shape index (κ3) is 2.41. The normalized spacial score (nSPS) is 12.3. The number of aromatic carboxylic acids is 1. The second kappa shape index (κ2) is 5.01. The highest BCUT2D eigenvalue weighted by atomic mass is 16.5. The summed E-state index contributed by atoms with van der Waals surface area (Å²) in [5.74, 6) is -1.30. The summed E-state index contributed by atoms with van der Waals surface area (Å²) in [5, 5.41) is 12.5. The van der Waals surface area contributed by atoms with Crippen LogP contribution in [0.2, 0.25) is 0 Å². The van der Waals surface area contributed by atoms with Gasteiger partial charge in [0.2, 0.25) is 5.76 Å². The van der Waals surface area contributed by atoms with Crippen LogP contribution in [-0.2, 0) is 4.74 Å². The molecule has 1 heterocycles. The topological polar surface area (TPSA) is 72.6 Å². The van der Waals surface area contributed by atoms with Gasteiger partial charge in [-0.1, -0.05) is 23.4 Å². The van der Waals surface area contributed by atoms with Crippen LogP contribution in [0.5, 0.6) is 0 Å². The first-order valence-corrected chi connectivity index (χ1v) is 5.45. The minimum absolute atomic E-state index is 0.0317. The van der Waals surface area contributed by atoms with Crippen molar-refractivity contribution in [3.05, 3.63) is 41.7 Å². The summed E-state index contributed by atoms with van der Waals surface area (Å²) in [6, 6.07) is 8.96. The average molecular weight is 247 g/mol. The molecule has 5 nitrogen and oxygen atoms in total. The van der Waals surface area contributed by atoms with Crippen molar-refractivity contribution in [1.82, 2.24) is 5.16 Å². The number of hydrogen-bond acceptors (Lipinski definition) is 4. The number of methoxy groups -OCH3 is 1. The van der Waals surface area contributed by atoms with E-state index in [1.807, 2.05) is 31.2 Å². The van der Waals surface area contributed by atoms with Gasteiger partial charge in [-0.2, -0.15) is 0 Å². The summed E-state index contributed by atoms with van der Waals surface area (Å²) >= 11 is 0. The Morgan fingerprint density at radius 3 is 2.83 bits per heavy atom. The van der Waals surface area contributed by atoms with Gasteiger partial charge in [0.05, 0.1) is 6.10 Å². The molecule has 18 heavy (non-hydrogen) atoms. The van der Waals surface area contributed by atoms with Crippen molar-refractivity contribution in [2.45, 2.75) is 13.0 Å². The zero-order chi connectivity index (χ0) is 13.1. The Balaban J connectivity index is 2.35. The Morgan fingerprint density at radius 1 is 1.44 bits per heavy atom. The molecule has 1 unspecified atom stereocenters. The Labute approximate surface area is 104 Å². The average Bonchev–Trinajstić information content (AvgIpc) is 2.88. The van der Waals surface area contributed by atoms with Crippen LogP contribution in [0.25, 0.3) is 11.3 Å². The van der Waals surface area contributed by atoms with E-state index >= 15 is 0 Å². The quantitative estimate of drug-likeness (QED) is 0.899. The zero-order valence-corrected chi connectivity index (χ0v) is 10.1. The summed E-state index contributed by atoms with van der Waals surface area (Å²) in [4.78, 5) is 10.7. The number of aromatic nitrogens is 1. The van der Waals surface area contributed by atoms with Gasteiger partial charge in [-0.3, -0.25) is 0 Å². The lowest BCUT2D eigenvalue weighted by atomic mass is 10.0. The van der Waals surface area contributed by atoms with Crippen molar-refractivity contribution in [3.63, 3.8) is 0 Å². The summed E-state index contributed by atoms with van der Waals surface area (Å²) in [6.07, 6.45) is -0.0317. The Bertz CT molecular complexity index is 562. The molecule has 0 aliphatic rings. The van der Waals surface area contributed by atoms with Crippen LogP contribution in [0.3, 0.4) is 0 Å². The maximum absolute atomic E-state index is 10.7. The van der Waals surface area contributed by atoms with E-state index in [0.717, 1.165) is 11.1 Å². The molecule has 1 N–H and O–H groups in total. The van der Waals surface area contributed by atoms with E-state index in [1.54, 1.807) is 7.11 Å². The second-order valence-corrected chi connectivity index (χ2v) is 3.88. The van der Waals surface area contributed by atoms with Crippen LogP contribution in [0, 0.1) is 0 Å². The molecule has 5 heteroatoms. The number of hydrogen-bond donors (Lipinski definition) is 1. The Kier molecular flexibility index (Phi) is 3.43. The van der Waals surface area contributed by atoms with Crippen LogP contribution in [-0.4, -0.2) is 23.3 Å². The second-order valence-electron chi connectivity index (χ2n) is 3.88. The SMILES string of the molecule is COC(C)c1cccc(-c2cc(C(=O)O)on2)c1. The Hall–Kier alpha value is -2.14. The molecule has 2 aromatic rings. The van der Waals surface area contributed by atoms with Crippen molar-refractivity contribution in [2.75, 3.05) is 7.11 Å². The lowest BCUT2D eigenvalue weighted by Gasteiger charge is -2.10. The highest BCUT2D eigenvalue weighted by Gasteiger charge is 2.13. The van der Waals surface area contributed by atoms with E-state index in [-0.39, 0.29) is 11.9 Å². The molecule has 0 fully saturated rings. The maximum atomic E-state index is 10.7. The monoisotopic (exact) mass is 247 g/mol. The molecular weight excluding hydrogens is 234 g/mol. The predicted octanol–water partition coefficient (Wildman–Crippen LogP) is 2.75. The van der Waals surface area contributed by atoms with Crippen LogP contribution in [0.4, 0.5) is 0 Å². The van der Waals surface area contributed by atoms with Gasteiger partial charge in [-0.05, 0) is 18.6 Å². The van der Waals surface area contributed by atoms with E-state index in [4.69, 9.17) is 14.4 Å². The highest BCUT2D eigenvalue weighted by molar-refractivity contribution is 5.85. The minimum atomic E-state index is -1.13. The van der Waals surface area contributed by atoms with Crippen molar-refractivity contribution in [2.24, 2.45) is 0 Å². The molecule has 0 amide bonds. The van der Waals surface area contributed by atoms with Crippen molar-refractivity contribution >= 4 is 5.97 Å². The van der Waals surface area contributed by atoms with Crippen LogP contribution in [0.15, 0.2) is 34.9 Å². The summed E-state index contributed by atoms with van der Waals surface area (Å²) < 4.78 is 9.96. The number of rotatable bonds is 4. The van der Waals surface area contributed by atoms with Gasteiger partial charge in [0, 0.05) is 18.7 Å². The fourth-order valence-electron chi connectivity index (χ4n) is 1.60. The molecule has 94 valence electrons. The Morgan fingerprint density at radius 2 is 2.22 bits per heavy atom. The number of nitrogens with zero attached hydrogens (tertiary/aromatic N) is 1. The molecule has 1 aromatic carbocycles. The van der Waals surface area contributed by atoms with Gasteiger partial charge in [-0.25, -0.2) is 4.79 Å². The lowest BCUT2D eigenvalue weighted by Crippen LogP contribution is -1.95. The standard InChI is InChI=1S/C13H13NO4/c1-8(17-2)9-4-3-5-10(6-9)11-7-12(13(15)16)18-14-11/h3-8H,1-2H3,(H,15,16). The number of ether oxygens (including phenoxy) is 1. The fourth-order valence-corrected chi connectivity index (χ4v) is 1.60. The van der Waals surface area contributed by atoms with Gasteiger partial charge in [-0.15, -0.1) is 0 Å². The summed E-state index contributed by atoms with van der Waals surface area (Å²) in [5.41, 5.74) is 2.29. The number of benzene rings is 1. The lowest BCUT2D eigenvalue weighted by molar-refractivity contribution is 0.0652. The van der Waals surface area contributed by atoms with E-state index in [0.29, 0.717) is 5.69 Å². The summed E-state index contributed by atoms with van der Waals surface area (Å²) in [6.45, 7) is 1.94. The molecule has 0 radical (unpaired) electrons. The molecule has 0 bridgehead atoms. The molecule has 0 saturated heterocycles. The van der Waals surface area contributed by atoms with Crippen LogP contribution in [0.1, 0.15) is 29.1 Å². The largest absolute Gasteiger partial charge is 0.475 e. The van der Waals surface area contributed by atoms with Gasteiger partial charge in [0.1, 0.15) is 5.69 Å². The van der Waals surface area contributed by atoms with Gasteiger partial charge in [0.25, 0.3) is 0 Å². The minimum Gasteiger partial charge on any atom is -0.475 e. The van der Waals surface area contributed by atoms with Crippen molar-refractivity contribution < 1.29 is 19.2 Å². The first kappa shape index (κ1) is 12.3. The molecular formula is C13H13NO4. The number of carboxylic acid groups (broad SMARTS) is 1. The smallest absolute Gasteiger partial charge is 0.374 e. The van der Waals surface area contributed by atoms with E-state index < -0.39 is 5.97 Å². The zero-order valence-electron chi connectivity index (χ0n) is 10.1. The number of carbonyl (C=O) groups is 1. The van der Waals surface area contributed by atoms with Crippen molar-refractivity contribution in [3.8, 4) is 11.3 Å². The molecule has 1 atom stereocenters. The van der Waals surface area contributed by atoms with Gasteiger partial charge in [0.15, 0.2) is 0 Å². The third-order valence-corrected chi connectivity index (χ3v) is 2.73. The molecule has 0 aliphatic heterocycles. The fraction of sp³-hybridized carbons (Fsp3) is 0.231.